The molecule has 2 rings (SSSR count). The molecule has 2 heteroatoms. The third kappa shape index (κ3) is 2.26. The first-order valence-electron chi connectivity index (χ1n) is 5.58. The van der Waals surface area contributed by atoms with Crippen LogP contribution in [0.25, 0.3) is 11.1 Å². The number of aryl methyl sites for hydroxylation is 3. The maximum atomic E-state index is 9.97. The van der Waals surface area contributed by atoms with Crippen molar-refractivity contribution in [2.45, 2.75) is 20.8 Å². The Balaban J connectivity index is 2.64. The van der Waals surface area contributed by atoms with Crippen molar-refractivity contribution >= 4 is 0 Å². The lowest BCUT2D eigenvalue weighted by atomic mass is 9.98. The van der Waals surface area contributed by atoms with Gasteiger partial charge in [-0.1, -0.05) is 6.07 Å². The Morgan fingerprint density at radius 3 is 2.06 bits per heavy atom. The van der Waals surface area contributed by atoms with Crippen molar-refractivity contribution in [3.63, 3.8) is 0 Å². The summed E-state index contributed by atoms with van der Waals surface area (Å²) in [6.07, 6.45) is 0. The predicted octanol–water partition coefficient (Wildman–Crippen LogP) is 3.69. The second-order valence-corrected chi connectivity index (χ2v) is 4.51. The Labute approximate surface area is 101 Å². The summed E-state index contributed by atoms with van der Waals surface area (Å²) in [7, 11) is 0. The van der Waals surface area contributed by atoms with Crippen molar-refractivity contribution in [2.24, 2.45) is 0 Å². The number of aromatic hydroxyl groups is 2. The Kier molecular flexibility index (Phi) is 2.80. The molecule has 88 valence electrons. The summed E-state index contributed by atoms with van der Waals surface area (Å²) >= 11 is 0. The van der Waals surface area contributed by atoms with Gasteiger partial charge < -0.3 is 10.2 Å². The molecule has 0 bridgehead atoms. The smallest absolute Gasteiger partial charge is 0.123 e. The first-order chi connectivity index (χ1) is 7.97. The van der Waals surface area contributed by atoms with Gasteiger partial charge in [-0.2, -0.15) is 0 Å². The molecule has 0 saturated carbocycles. The van der Waals surface area contributed by atoms with Crippen LogP contribution in [0.5, 0.6) is 11.5 Å². The van der Waals surface area contributed by atoms with Crippen molar-refractivity contribution < 1.29 is 10.2 Å². The van der Waals surface area contributed by atoms with Gasteiger partial charge in [-0.15, -0.1) is 0 Å². The summed E-state index contributed by atoms with van der Waals surface area (Å²) in [5.74, 6) is 0.468. The number of phenolic OH excluding ortho intramolecular Hbond substituents is 2. The SMILES string of the molecule is Cc1cc(O)cc(-c2cc(C)c(C)cc2O)c1. The van der Waals surface area contributed by atoms with Crippen molar-refractivity contribution in [3.8, 4) is 22.6 Å². The molecule has 2 aromatic rings. The highest BCUT2D eigenvalue weighted by molar-refractivity contribution is 5.73. The Morgan fingerprint density at radius 1 is 0.765 bits per heavy atom. The van der Waals surface area contributed by atoms with Crippen LogP contribution in [0.15, 0.2) is 30.3 Å². The van der Waals surface area contributed by atoms with E-state index in [0.717, 1.165) is 27.8 Å². The van der Waals surface area contributed by atoms with Gasteiger partial charge in [-0.05, 0) is 67.3 Å². The highest BCUT2D eigenvalue weighted by Crippen LogP contribution is 2.33. The van der Waals surface area contributed by atoms with Crippen LogP contribution in [0, 0.1) is 20.8 Å². The molecule has 0 fully saturated rings. The van der Waals surface area contributed by atoms with Gasteiger partial charge in [0.2, 0.25) is 0 Å². The Hall–Kier alpha value is -1.96. The summed E-state index contributed by atoms with van der Waals surface area (Å²) in [4.78, 5) is 0. The zero-order valence-corrected chi connectivity index (χ0v) is 10.3. The van der Waals surface area contributed by atoms with Crippen molar-refractivity contribution in [2.75, 3.05) is 0 Å². The summed E-state index contributed by atoms with van der Waals surface area (Å²) in [6.45, 7) is 5.89. The predicted molar refractivity (Wildman–Crippen MR) is 69.4 cm³/mol. The first-order valence-corrected chi connectivity index (χ1v) is 5.58. The van der Waals surface area contributed by atoms with Crippen molar-refractivity contribution in [1.82, 2.24) is 0 Å². The molecule has 0 aliphatic heterocycles. The highest BCUT2D eigenvalue weighted by atomic mass is 16.3. The molecular formula is C15H16O2. The van der Waals surface area contributed by atoms with Crippen LogP contribution in [-0.2, 0) is 0 Å². The fraction of sp³-hybridized carbons (Fsp3) is 0.200. The molecule has 0 aliphatic carbocycles. The molecular weight excluding hydrogens is 212 g/mol. The molecule has 0 saturated heterocycles. The van der Waals surface area contributed by atoms with Crippen LogP contribution in [0.2, 0.25) is 0 Å². The van der Waals surface area contributed by atoms with Gasteiger partial charge in [-0.3, -0.25) is 0 Å². The number of hydrogen-bond acceptors (Lipinski definition) is 2. The van der Waals surface area contributed by atoms with Gasteiger partial charge in [0.1, 0.15) is 11.5 Å². The van der Waals surface area contributed by atoms with Gasteiger partial charge >= 0.3 is 0 Å². The molecule has 0 spiro atoms. The normalized spacial score (nSPS) is 10.5. The third-order valence-electron chi connectivity index (χ3n) is 2.99. The van der Waals surface area contributed by atoms with Crippen LogP contribution in [-0.4, -0.2) is 10.2 Å². The van der Waals surface area contributed by atoms with E-state index < -0.39 is 0 Å². The molecule has 0 unspecified atom stereocenters. The fourth-order valence-electron chi connectivity index (χ4n) is 1.95. The van der Waals surface area contributed by atoms with Crippen LogP contribution in [0.1, 0.15) is 16.7 Å². The highest BCUT2D eigenvalue weighted by Gasteiger charge is 2.08. The molecule has 0 amide bonds. The molecule has 0 radical (unpaired) electrons. The summed E-state index contributed by atoms with van der Waals surface area (Å²) in [6, 6.07) is 9.00. The van der Waals surface area contributed by atoms with E-state index >= 15 is 0 Å². The van der Waals surface area contributed by atoms with Crippen molar-refractivity contribution in [3.05, 3.63) is 47.0 Å². The molecule has 0 heterocycles. The van der Waals surface area contributed by atoms with E-state index in [1.807, 2.05) is 32.9 Å². The fourth-order valence-corrected chi connectivity index (χ4v) is 1.95. The van der Waals surface area contributed by atoms with Crippen LogP contribution >= 0.6 is 0 Å². The van der Waals surface area contributed by atoms with E-state index in [1.54, 1.807) is 18.2 Å². The van der Waals surface area contributed by atoms with E-state index in [2.05, 4.69) is 0 Å². The molecule has 0 aliphatic rings. The van der Waals surface area contributed by atoms with E-state index in [1.165, 1.54) is 0 Å². The van der Waals surface area contributed by atoms with E-state index in [4.69, 9.17) is 0 Å². The van der Waals surface area contributed by atoms with Gasteiger partial charge in [0, 0.05) is 5.56 Å². The van der Waals surface area contributed by atoms with Crippen LogP contribution < -0.4 is 0 Å². The maximum absolute atomic E-state index is 9.97. The van der Waals surface area contributed by atoms with Gasteiger partial charge in [0.15, 0.2) is 0 Å². The second kappa shape index (κ2) is 4.13. The quantitative estimate of drug-likeness (QED) is 0.781. The van der Waals surface area contributed by atoms with Gasteiger partial charge in [0.05, 0.1) is 0 Å². The van der Waals surface area contributed by atoms with Crippen molar-refractivity contribution in [1.29, 1.82) is 0 Å². The lowest BCUT2D eigenvalue weighted by Crippen LogP contribution is -1.86. The maximum Gasteiger partial charge on any atom is 0.123 e. The zero-order valence-electron chi connectivity index (χ0n) is 10.3. The number of rotatable bonds is 1. The monoisotopic (exact) mass is 228 g/mol. The minimum atomic E-state index is 0.220. The summed E-state index contributed by atoms with van der Waals surface area (Å²) in [5.41, 5.74) is 4.75. The number of hydrogen-bond donors (Lipinski definition) is 2. The molecule has 2 N–H and O–H groups in total. The summed E-state index contributed by atoms with van der Waals surface area (Å²) < 4.78 is 0. The first kappa shape index (κ1) is 11.5. The standard InChI is InChI=1S/C15H16O2/c1-9-4-12(8-13(16)5-9)14-6-10(2)11(3)7-15(14)17/h4-8,16-17H,1-3H3. The molecule has 2 nitrogen and oxygen atoms in total. The van der Waals surface area contributed by atoms with E-state index in [-0.39, 0.29) is 11.5 Å². The van der Waals surface area contributed by atoms with Crippen LogP contribution in [0.3, 0.4) is 0 Å². The lowest BCUT2D eigenvalue weighted by molar-refractivity contribution is 0.473. The summed E-state index contributed by atoms with van der Waals surface area (Å²) in [5, 5.41) is 19.6. The van der Waals surface area contributed by atoms with Gasteiger partial charge in [0.25, 0.3) is 0 Å². The lowest BCUT2D eigenvalue weighted by Gasteiger charge is -2.10. The largest absolute Gasteiger partial charge is 0.508 e. The van der Waals surface area contributed by atoms with E-state index in [0.29, 0.717) is 0 Å². The molecule has 2 aromatic carbocycles. The minimum absolute atomic E-state index is 0.220. The number of benzene rings is 2. The number of phenols is 2. The topological polar surface area (TPSA) is 40.5 Å². The average Bonchev–Trinajstić information content (AvgIpc) is 2.22. The zero-order chi connectivity index (χ0) is 12.6. The van der Waals surface area contributed by atoms with Crippen LogP contribution in [0.4, 0.5) is 0 Å². The third-order valence-corrected chi connectivity index (χ3v) is 2.99. The Bertz CT molecular complexity index is 551. The van der Waals surface area contributed by atoms with E-state index in [9.17, 15) is 10.2 Å². The molecule has 0 atom stereocenters. The molecule has 17 heavy (non-hydrogen) atoms. The van der Waals surface area contributed by atoms with Gasteiger partial charge in [-0.25, -0.2) is 0 Å². The Morgan fingerprint density at radius 2 is 1.41 bits per heavy atom. The second-order valence-electron chi connectivity index (χ2n) is 4.51. The molecule has 0 aromatic heterocycles. The average molecular weight is 228 g/mol. The minimum Gasteiger partial charge on any atom is -0.508 e.